The van der Waals surface area contributed by atoms with Crippen LogP contribution in [-0.4, -0.2) is 35.1 Å². The molecule has 3 nitrogen and oxygen atoms in total. The Labute approximate surface area is 106 Å². The van der Waals surface area contributed by atoms with E-state index in [2.05, 4.69) is 22.6 Å². The van der Waals surface area contributed by atoms with Crippen LogP contribution >= 0.6 is 34.2 Å². The van der Waals surface area contributed by atoms with Crippen molar-refractivity contribution in [2.75, 3.05) is 13.1 Å². The van der Waals surface area contributed by atoms with Gasteiger partial charge in [0, 0.05) is 22.2 Å². The Morgan fingerprint density at radius 1 is 1.53 bits per heavy atom. The summed E-state index contributed by atoms with van der Waals surface area (Å²) in [6.45, 7) is 0.838. The predicted molar refractivity (Wildman–Crippen MR) is 66.1 cm³/mol. The molecule has 1 N–H and O–H groups in total. The number of nitrogens with zero attached hydrogens (tertiary/aromatic N) is 1. The van der Waals surface area contributed by atoms with Gasteiger partial charge < -0.3 is 10.0 Å². The van der Waals surface area contributed by atoms with Crippen LogP contribution in [0, 0.1) is 3.57 Å². The smallest absolute Gasteiger partial charge is 0.254 e. The van der Waals surface area contributed by atoms with Gasteiger partial charge in [0.2, 0.25) is 0 Å². The van der Waals surface area contributed by atoms with Crippen LogP contribution in [0.3, 0.4) is 0 Å². The van der Waals surface area contributed by atoms with Crippen molar-refractivity contribution in [1.29, 1.82) is 0 Å². The second kappa shape index (κ2) is 4.27. The van der Waals surface area contributed by atoms with Crippen LogP contribution in [0.15, 0.2) is 18.2 Å². The van der Waals surface area contributed by atoms with Crippen LogP contribution in [0.4, 0.5) is 0 Å². The molecular formula is C10H9ClINO2. The first-order valence-electron chi connectivity index (χ1n) is 4.50. The molecule has 0 atom stereocenters. The molecule has 1 amide bonds. The molecule has 1 saturated heterocycles. The molecule has 0 radical (unpaired) electrons. The van der Waals surface area contributed by atoms with Crippen molar-refractivity contribution in [3.63, 3.8) is 0 Å². The van der Waals surface area contributed by atoms with E-state index in [1.807, 2.05) is 6.07 Å². The highest BCUT2D eigenvalue weighted by Crippen LogP contribution is 2.21. The fourth-order valence-corrected chi connectivity index (χ4v) is 1.95. The van der Waals surface area contributed by atoms with Crippen LogP contribution in [0.25, 0.3) is 0 Å². The maximum Gasteiger partial charge on any atom is 0.254 e. The number of rotatable bonds is 1. The Balaban J connectivity index is 2.16. The summed E-state index contributed by atoms with van der Waals surface area (Å²) < 4.78 is 0.925. The molecule has 0 aliphatic carbocycles. The van der Waals surface area contributed by atoms with Crippen LogP contribution in [0.1, 0.15) is 10.4 Å². The van der Waals surface area contributed by atoms with Crippen LogP contribution in [0.5, 0.6) is 0 Å². The number of aliphatic hydroxyl groups is 1. The monoisotopic (exact) mass is 337 g/mol. The van der Waals surface area contributed by atoms with Gasteiger partial charge in [0.25, 0.3) is 5.91 Å². The van der Waals surface area contributed by atoms with E-state index < -0.39 is 0 Å². The highest BCUT2D eigenvalue weighted by Gasteiger charge is 2.29. The lowest BCUT2D eigenvalue weighted by atomic mass is 10.1. The number of hydrogen-bond acceptors (Lipinski definition) is 2. The summed E-state index contributed by atoms with van der Waals surface area (Å²) in [6.07, 6.45) is -0.367. The van der Waals surface area contributed by atoms with Gasteiger partial charge in [-0.25, -0.2) is 0 Å². The van der Waals surface area contributed by atoms with Crippen LogP contribution in [-0.2, 0) is 0 Å². The number of carbonyl (C=O) groups is 1. The minimum absolute atomic E-state index is 0.0707. The number of carbonyl (C=O) groups excluding carboxylic acids is 1. The van der Waals surface area contributed by atoms with Crippen molar-refractivity contribution in [3.05, 3.63) is 32.4 Å². The number of aliphatic hydroxyl groups excluding tert-OH is 1. The van der Waals surface area contributed by atoms with Crippen molar-refractivity contribution in [2.24, 2.45) is 0 Å². The lowest BCUT2D eigenvalue weighted by Gasteiger charge is -2.35. The van der Waals surface area contributed by atoms with E-state index in [0.717, 1.165) is 3.57 Å². The molecule has 0 spiro atoms. The van der Waals surface area contributed by atoms with Gasteiger partial charge in [0.05, 0.1) is 11.1 Å². The molecule has 2 rings (SSSR count). The fourth-order valence-electron chi connectivity index (χ4n) is 1.43. The topological polar surface area (TPSA) is 40.5 Å². The minimum atomic E-state index is -0.367. The number of β-amino-alcohol motifs (C(OH)–C–C–N with tert-alkyl or cyclic N) is 1. The zero-order valence-corrected chi connectivity index (χ0v) is 10.7. The van der Waals surface area contributed by atoms with Gasteiger partial charge in [0.15, 0.2) is 0 Å². The van der Waals surface area contributed by atoms with Crippen molar-refractivity contribution in [2.45, 2.75) is 6.10 Å². The average Bonchev–Trinajstić information content (AvgIpc) is 2.16. The number of amides is 1. The zero-order chi connectivity index (χ0) is 11.0. The molecule has 1 aliphatic rings. The number of benzene rings is 1. The van der Waals surface area contributed by atoms with Crippen molar-refractivity contribution in [3.8, 4) is 0 Å². The van der Waals surface area contributed by atoms with Gasteiger partial charge in [-0.3, -0.25) is 4.79 Å². The third-order valence-electron chi connectivity index (χ3n) is 2.32. The Morgan fingerprint density at radius 2 is 2.20 bits per heavy atom. The molecule has 0 bridgehead atoms. The molecule has 1 aromatic carbocycles. The molecule has 5 heteroatoms. The van der Waals surface area contributed by atoms with Crippen molar-refractivity contribution < 1.29 is 9.90 Å². The maximum absolute atomic E-state index is 11.8. The molecule has 1 heterocycles. The Hall–Kier alpha value is -0.330. The third-order valence-corrected chi connectivity index (χ3v) is 3.89. The first kappa shape index (κ1) is 11.2. The van der Waals surface area contributed by atoms with Crippen LogP contribution in [0.2, 0.25) is 5.02 Å². The molecule has 1 aromatic rings. The highest BCUT2D eigenvalue weighted by molar-refractivity contribution is 14.1. The second-order valence-corrected chi connectivity index (χ2v) is 5.06. The van der Waals surface area contributed by atoms with Gasteiger partial charge in [-0.2, -0.15) is 0 Å². The van der Waals surface area contributed by atoms with E-state index in [1.165, 1.54) is 0 Å². The Morgan fingerprint density at radius 3 is 2.73 bits per heavy atom. The predicted octanol–water partition coefficient (Wildman–Crippen LogP) is 1.76. The summed E-state index contributed by atoms with van der Waals surface area (Å²) in [4.78, 5) is 13.4. The lowest BCUT2D eigenvalue weighted by molar-refractivity contribution is 0.00589. The summed E-state index contributed by atoms with van der Waals surface area (Å²) in [5.41, 5.74) is 0.576. The van der Waals surface area contributed by atoms with E-state index in [4.69, 9.17) is 16.7 Å². The largest absolute Gasteiger partial charge is 0.389 e. The Bertz CT molecular complexity index is 404. The molecule has 1 fully saturated rings. The molecule has 80 valence electrons. The standard InChI is InChI=1S/C10H9ClINO2/c11-8-3-6(1-2-9(8)12)10(15)13-4-7(14)5-13/h1-3,7,14H,4-5H2. The van der Waals surface area contributed by atoms with E-state index in [-0.39, 0.29) is 12.0 Å². The third kappa shape index (κ3) is 2.26. The molecule has 1 aliphatic heterocycles. The summed E-state index contributed by atoms with van der Waals surface area (Å²) in [5, 5.41) is 9.68. The van der Waals surface area contributed by atoms with Gasteiger partial charge in [-0.15, -0.1) is 0 Å². The van der Waals surface area contributed by atoms with E-state index in [1.54, 1.807) is 17.0 Å². The first-order chi connectivity index (χ1) is 7.08. The van der Waals surface area contributed by atoms with Gasteiger partial charge >= 0.3 is 0 Å². The number of hydrogen-bond donors (Lipinski definition) is 1. The highest BCUT2D eigenvalue weighted by atomic mass is 127. The van der Waals surface area contributed by atoms with E-state index in [9.17, 15) is 4.79 Å². The van der Waals surface area contributed by atoms with Crippen LogP contribution < -0.4 is 0 Å². The van der Waals surface area contributed by atoms with Crippen molar-refractivity contribution in [1.82, 2.24) is 4.90 Å². The van der Waals surface area contributed by atoms with E-state index >= 15 is 0 Å². The molecule has 0 saturated carbocycles. The molecule has 0 aromatic heterocycles. The zero-order valence-electron chi connectivity index (χ0n) is 7.78. The molecular weight excluding hydrogens is 328 g/mol. The number of halogens is 2. The molecule has 15 heavy (non-hydrogen) atoms. The average molecular weight is 338 g/mol. The SMILES string of the molecule is O=C(c1ccc(I)c(Cl)c1)N1CC(O)C1. The van der Waals surface area contributed by atoms with Crippen molar-refractivity contribution >= 4 is 40.1 Å². The maximum atomic E-state index is 11.8. The Kier molecular flexibility index (Phi) is 3.18. The normalized spacial score (nSPS) is 16.3. The second-order valence-electron chi connectivity index (χ2n) is 3.49. The summed E-state index contributed by atoms with van der Waals surface area (Å²) in [5.74, 6) is -0.0707. The lowest BCUT2D eigenvalue weighted by Crippen LogP contribution is -2.53. The van der Waals surface area contributed by atoms with Gasteiger partial charge in [-0.1, -0.05) is 11.6 Å². The van der Waals surface area contributed by atoms with Gasteiger partial charge in [0.1, 0.15) is 0 Å². The quantitative estimate of drug-likeness (QED) is 0.794. The van der Waals surface area contributed by atoms with E-state index in [0.29, 0.717) is 23.7 Å². The first-order valence-corrected chi connectivity index (χ1v) is 5.96. The molecule has 0 unspecified atom stereocenters. The summed E-state index contributed by atoms with van der Waals surface area (Å²) in [7, 11) is 0. The summed E-state index contributed by atoms with van der Waals surface area (Å²) in [6, 6.07) is 5.23. The fraction of sp³-hybridized carbons (Fsp3) is 0.300. The van der Waals surface area contributed by atoms with Gasteiger partial charge in [-0.05, 0) is 40.8 Å². The summed E-state index contributed by atoms with van der Waals surface area (Å²) >= 11 is 8.04. The number of likely N-dealkylation sites (tertiary alicyclic amines) is 1. The minimum Gasteiger partial charge on any atom is -0.389 e.